The maximum Gasteiger partial charge on any atom is 0.271 e. The lowest BCUT2D eigenvalue weighted by Crippen LogP contribution is -2.25. The molecule has 0 spiro atoms. The Hall–Kier alpha value is -1.36. The van der Waals surface area contributed by atoms with Gasteiger partial charge < -0.3 is 10.6 Å². The van der Waals surface area contributed by atoms with Crippen LogP contribution in [0.3, 0.4) is 0 Å². The van der Waals surface area contributed by atoms with Gasteiger partial charge in [0.1, 0.15) is 7.11 Å². The molecule has 0 aliphatic heterocycles. The maximum absolute atomic E-state index is 11.2. The van der Waals surface area contributed by atoms with Gasteiger partial charge in [0.15, 0.2) is 5.71 Å². The summed E-state index contributed by atoms with van der Waals surface area (Å²) in [5.74, 6) is -0.594. The summed E-state index contributed by atoms with van der Waals surface area (Å²) in [6.07, 6.45) is 0.798. The average molecular weight is 285 g/mol. The fraction of sp³-hybridized carbons (Fsp3) is 0.273. The number of nitrogens with two attached hydrogens (primary N) is 1. The van der Waals surface area contributed by atoms with Gasteiger partial charge in [0.2, 0.25) is 0 Å². The smallest absolute Gasteiger partial charge is 0.271 e. The van der Waals surface area contributed by atoms with Gasteiger partial charge in [-0.3, -0.25) is 4.79 Å². The van der Waals surface area contributed by atoms with Crippen molar-refractivity contribution in [3.05, 3.63) is 35.4 Å². The molecule has 0 radical (unpaired) electrons. The van der Waals surface area contributed by atoms with Crippen LogP contribution in [0.2, 0.25) is 0 Å². The van der Waals surface area contributed by atoms with E-state index in [-0.39, 0.29) is 5.71 Å². The van der Waals surface area contributed by atoms with Crippen LogP contribution in [0, 0.1) is 0 Å². The zero-order chi connectivity index (χ0) is 12.0. The molecule has 5 heteroatoms. The molecule has 0 aromatic heterocycles. The van der Waals surface area contributed by atoms with Gasteiger partial charge in [-0.1, -0.05) is 45.4 Å². The monoisotopic (exact) mass is 284 g/mol. The summed E-state index contributed by atoms with van der Waals surface area (Å²) in [5, 5.41) is 4.47. The van der Waals surface area contributed by atoms with E-state index in [2.05, 4.69) is 25.9 Å². The fourth-order valence-corrected chi connectivity index (χ4v) is 1.82. The quantitative estimate of drug-likeness (QED) is 0.505. The number of alkyl halides is 1. The Morgan fingerprint density at radius 1 is 1.50 bits per heavy atom. The number of rotatable bonds is 5. The Morgan fingerprint density at radius 3 is 2.75 bits per heavy atom. The Kier molecular flexibility index (Phi) is 4.98. The van der Waals surface area contributed by atoms with Gasteiger partial charge in [-0.25, -0.2) is 0 Å². The molecular weight excluding hydrogens is 272 g/mol. The van der Waals surface area contributed by atoms with Crippen LogP contribution in [0.5, 0.6) is 0 Å². The van der Waals surface area contributed by atoms with Gasteiger partial charge in [-0.05, 0) is 12.0 Å². The first kappa shape index (κ1) is 12.7. The molecule has 0 heterocycles. The van der Waals surface area contributed by atoms with Gasteiger partial charge in [0.05, 0.1) is 0 Å². The van der Waals surface area contributed by atoms with E-state index in [1.807, 2.05) is 18.2 Å². The highest BCUT2D eigenvalue weighted by Gasteiger charge is 2.14. The molecule has 1 aromatic carbocycles. The van der Waals surface area contributed by atoms with E-state index < -0.39 is 5.91 Å². The van der Waals surface area contributed by atoms with Crippen LogP contribution in [-0.2, 0) is 16.1 Å². The lowest BCUT2D eigenvalue weighted by molar-refractivity contribution is -0.112. The van der Waals surface area contributed by atoms with Crippen molar-refractivity contribution in [1.29, 1.82) is 0 Å². The SMILES string of the molecule is CO/N=C(/C(N)=O)c1ccccc1CCBr. The average Bonchev–Trinajstić information content (AvgIpc) is 2.27. The summed E-state index contributed by atoms with van der Waals surface area (Å²) in [6.45, 7) is 0. The van der Waals surface area contributed by atoms with Gasteiger partial charge in [-0.2, -0.15) is 0 Å². The zero-order valence-corrected chi connectivity index (χ0v) is 10.5. The lowest BCUT2D eigenvalue weighted by Gasteiger charge is -2.07. The Bertz CT molecular complexity index is 405. The zero-order valence-electron chi connectivity index (χ0n) is 8.94. The van der Waals surface area contributed by atoms with Crippen LogP contribution in [0.25, 0.3) is 0 Å². The van der Waals surface area contributed by atoms with Gasteiger partial charge in [-0.15, -0.1) is 0 Å². The van der Waals surface area contributed by atoms with Crippen molar-refractivity contribution in [2.24, 2.45) is 10.9 Å². The van der Waals surface area contributed by atoms with E-state index in [0.29, 0.717) is 0 Å². The second-order valence-corrected chi connectivity index (χ2v) is 3.88. The first-order chi connectivity index (χ1) is 7.70. The fourth-order valence-electron chi connectivity index (χ4n) is 1.39. The van der Waals surface area contributed by atoms with Crippen molar-refractivity contribution < 1.29 is 9.63 Å². The van der Waals surface area contributed by atoms with Crippen LogP contribution in [-0.4, -0.2) is 24.1 Å². The second kappa shape index (κ2) is 6.27. The number of oxime groups is 1. The van der Waals surface area contributed by atoms with Crippen LogP contribution in [0.4, 0.5) is 0 Å². The van der Waals surface area contributed by atoms with Crippen molar-refractivity contribution in [2.45, 2.75) is 6.42 Å². The van der Waals surface area contributed by atoms with E-state index in [1.54, 1.807) is 6.07 Å². The minimum atomic E-state index is -0.594. The standard InChI is InChI=1S/C11H13BrN2O2/c1-16-14-10(11(13)15)9-5-3-2-4-8(9)6-7-12/h2-5H,6-7H2,1H3,(H2,13,15)/b14-10+. The number of aryl methyl sites for hydroxylation is 1. The van der Waals surface area contributed by atoms with Crippen molar-refractivity contribution in [3.8, 4) is 0 Å². The highest BCUT2D eigenvalue weighted by Crippen LogP contribution is 2.12. The van der Waals surface area contributed by atoms with E-state index in [4.69, 9.17) is 5.73 Å². The van der Waals surface area contributed by atoms with Crippen LogP contribution in [0.15, 0.2) is 29.4 Å². The lowest BCUT2D eigenvalue weighted by atomic mass is 10.0. The molecule has 0 saturated carbocycles. The molecule has 2 N–H and O–H groups in total. The number of carbonyl (C=O) groups is 1. The number of hydrogen-bond donors (Lipinski definition) is 1. The maximum atomic E-state index is 11.2. The van der Waals surface area contributed by atoms with Gasteiger partial charge in [0.25, 0.3) is 5.91 Å². The molecule has 4 nitrogen and oxygen atoms in total. The Morgan fingerprint density at radius 2 is 2.19 bits per heavy atom. The van der Waals surface area contributed by atoms with Gasteiger partial charge >= 0.3 is 0 Å². The minimum absolute atomic E-state index is 0.152. The van der Waals surface area contributed by atoms with Gasteiger partial charge in [0, 0.05) is 10.9 Å². The molecule has 0 atom stereocenters. The molecule has 0 bridgehead atoms. The number of benzene rings is 1. The number of hydrogen-bond acceptors (Lipinski definition) is 3. The predicted octanol–water partition coefficient (Wildman–Crippen LogP) is 1.46. The minimum Gasteiger partial charge on any atom is -0.398 e. The summed E-state index contributed by atoms with van der Waals surface area (Å²) >= 11 is 3.36. The van der Waals surface area contributed by atoms with E-state index in [0.717, 1.165) is 22.9 Å². The Labute approximate surface area is 103 Å². The first-order valence-electron chi connectivity index (χ1n) is 4.76. The summed E-state index contributed by atoms with van der Waals surface area (Å²) in [4.78, 5) is 15.9. The normalized spacial score (nSPS) is 11.2. The topological polar surface area (TPSA) is 64.7 Å². The molecular formula is C11H13BrN2O2. The van der Waals surface area contributed by atoms with Crippen molar-refractivity contribution in [3.63, 3.8) is 0 Å². The summed E-state index contributed by atoms with van der Waals surface area (Å²) < 4.78 is 0. The van der Waals surface area contributed by atoms with Crippen molar-refractivity contribution >= 4 is 27.5 Å². The van der Waals surface area contributed by atoms with Crippen molar-refractivity contribution in [1.82, 2.24) is 0 Å². The molecule has 0 aliphatic carbocycles. The van der Waals surface area contributed by atoms with Crippen LogP contribution >= 0.6 is 15.9 Å². The van der Waals surface area contributed by atoms with Crippen LogP contribution < -0.4 is 5.73 Å². The Balaban J connectivity index is 3.18. The molecule has 16 heavy (non-hydrogen) atoms. The molecule has 1 aromatic rings. The third-order valence-electron chi connectivity index (χ3n) is 2.05. The highest BCUT2D eigenvalue weighted by molar-refractivity contribution is 9.09. The molecule has 0 fully saturated rings. The highest BCUT2D eigenvalue weighted by atomic mass is 79.9. The molecule has 86 valence electrons. The second-order valence-electron chi connectivity index (χ2n) is 3.08. The number of nitrogens with zero attached hydrogens (tertiary/aromatic N) is 1. The molecule has 1 rings (SSSR count). The third-order valence-corrected chi connectivity index (χ3v) is 2.45. The molecule has 0 saturated heterocycles. The summed E-state index contributed by atoms with van der Waals surface area (Å²) in [7, 11) is 1.38. The third kappa shape index (κ3) is 3.06. The largest absolute Gasteiger partial charge is 0.398 e. The number of carbonyl (C=O) groups excluding carboxylic acids is 1. The summed E-state index contributed by atoms with van der Waals surface area (Å²) in [6, 6.07) is 7.49. The van der Waals surface area contributed by atoms with Crippen LogP contribution in [0.1, 0.15) is 11.1 Å². The van der Waals surface area contributed by atoms with Crippen molar-refractivity contribution in [2.75, 3.05) is 12.4 Å². The molecule has 1 amide bonds. The predicted molar refractivity (Wildman–Crippen MR) is 66.7 cm³/mol. The molecule has 0 unspecified atom stereocenters. The number of halogens is 1. The van der Waals surface area contributed by atoms with E-state index >= 15 is 0 Å². The molecule has 0 aliphatic rings. The number of amides is 1. The van der Waals surface area contributed by atoms with E-state index in [1.165, 1.54) is 7.11 Å². The summed E-state index contributed by atoms with van der Waals surface area (Å²) in [5.41, 5.74) is 7.14. The first-order valence-corrected chi connectivity index (χ1v) is 5.88. The number of primary amides is 1. The van der Waals surface area contributed by atoms with E-state index in [9.17, 15) is 4.79 Å².